The number of ether oxygens (including phenoxy) is 2. The third kappa shape index (κ3) is 5.82. The molecule has 0 bridgehead atoms. The number of nitrogens with zero attached hydrogens (tertiary/aromatic N) is 1. The first kappa shape index (κ1) is 18.8. The number of hydrogen-bond acceptors (Lipinski definition) is 4. The van der Waals surface area contributed by atoms with Gasteiger partial charge in [-0.2, -0.15) is 11.8 Å². The van der Waals surface area contributed by atoms with Crippen molar-refractivity contribution in [3.63, 3.8) is 0 Å². The van der Waals surface area contributed by atoms with Crippen LogP contribution in [0.5, 0.6) is 11.5 Å². The maximum Gasteiger partial charge on any atom is 0.191 e. The van der Waals surface area contributed by atoms with Crippen LogP contribution in [0.4, 0.5) is 0 Å². The molecule has 0 spiro atoms. The molecule has 1 aromatic rings. The Labute approximate surface area is 149 Å². The molecule has 6 heteroatoms. The van der Waals surface area contributed by atoms with Crippen LogP contribution in [0.15, 0.2) is 23.2 Å². The van der Waals surface area contributed by atoms with Gasteiger partial charge in [0.25, 0.3) is 0 Å². The van der Waals surface area contributed by atoms with E-state index in [1.807, 2.05) is 23.9 Å². The molecule has 0 saturated carbocycles. The SMILES string of the molecule is CCCOc1ccc(CNC(=NC)NCC2CCCS2)cc1OC. The van der Waals surface area contributed by atoms with Gasteiger partial charge in [0.15, 0.2) is 17.5 Å². The summed E-state index contributed by atoms with van der Waals surface area (Å²) in [5, 5.41) is 7.48. The summed E-state index contributed by atoms with van der Waals surface area (Å²) in [6.45, 7) is 4.45. The minimum absolute atomic E-state index is 0.696. The van der Waals surface area contributed by atoms with Gasteiger partial charge < -0.3 is 20.1 Å². The lowest BCUT2D eigenvalue weighted by molar-refractivity contribution is 0.294. The molecule has 1 unspecified atom stereocenters. The number of hydrogen-bond donors (Lipinski definition) is 2. The molecule has 1 aliphatic rings. The Morgan fingerprint density at radius 3 is 2.88 bits per heavy atom. The van der Waals surface area contributed by atoms with Gasteiger partial charge in [0.05, 0.1) is 13.7 Å². The number of aliphatic imine (C=N–C) groups is 1. The summed E-state index contributed by atoms with van der Waals surface area (Å²) in [6, 6.07) is 6.04. The molecule has 1 atom stereocenters. The van der Waals surface area contributed by atoms with E-state index in [-0.39, 0.29) is 0 Å². The second kappa shape index (κ2) is 10.3. The van der Waals surface area contributed by atoms with Gasteiger partial charge >= 0.3 is 0 Å². The zero-order valence-electron chi connectivity index (χ0n) is 14.9. The Balaban J connectivity index is 1.85. The van der Waals surface area contributed by atoms with Gasteiger partial charge in [-0.25, -0.2) is 0 Å². The van der Waals surface area contributed by atoms with Crippen LogP contribution >= 0.6 is 11.8 Å². The maximum absolute atomic E-state index is 5.69. The number of nitrogens with one attached hydrogen (secondary N) is 2. The molecule has 1 aliphatic heterocycles. The van der Waals surface area contributed by atoms with Crippen LogP contribution in [0.3, 0.4) is 0 Å². The predicted octanol–water partition coefficient (Wildman–Crippen LogP) is 3.04. The molecular weight excluding hydrogens is 322 g/mol. The summed E-state index contributed by atoms with van der Waals surface area (Å²) in [7, 11) is 3.48. The molecule has 0 aromatic heterocycles. The molecule has 0 radical (unpaired) electrons. The lowest BCUT2D eigenvalue weighted by atomic mass is 10.2. The molecule has 2 N–H and O–H groups in total. The Kier molecular flexibility index (Phi) is 8.08. The van der Waals surface area contributed by atoms with Crippen molar-refractivity contribution in [2.45, 2.75) is 38.0 Å². The fraction of sp³-hybridized carbons (Fsp3) is 0.611. The molecular formula is C18H29N3O2S. The first-order valence-electron chi connectivity index (χ1n) is 8.62. The van der Waals surface area contributed by atoms with Gasteiger partial charge in [0, 0.05) is 25.4 Å². The second-order valence-corrected chi connectivity index (χ2v) is 7.18. The van der Waals surface area contributed by atoms with Crippen molar-refractivity contribution in [3.8, 4) is 11.5 Å². The van der Waals surface area contributed by atoms with Crippen molar-refractivity contribution in [1.82, 2.24) is 10.6 Å². The first-order valence-corrected chi connectivity index (χ1v) is 9.67. The van der Waals surface area contributed by atoms with E-state index in [1.165, 1.54) is 18.6 Å². The molecule has 134 valence electrons. The van der Waals surface area contributed by atoms with Gasteiger partial charge in [0.2, 0.25) is 0 Å². The number of methoxy groups -OCH3 is 1. The lowest BCUT2D eigenvalue weighted by Gasteiger charge is -2.16. The average molecular weight is 352 g/mol. The molecule has 5 nitrogen and oxygen atoms in total. The van der Waals surface area contributed by atoms with E-state index in [1.54, 1.807) is 14.2 Å². The highest BCUT2D eigenvalue weighted by molar-refractivity contribution is 8.00. The highest BCUT2D eigenvalue weighted by Gasteiger charge is 2.15. The van der Waals surface area contributed by atoms with Crippen LogP contribution in [0.25, 0.3) is 0 Å². The standard InChI is InChI=1S/C18H29N3O2S/c1-4-9-23-16-8-7-14(11-17(16)22-3)12-20-18(19-2)21-13-15-6-5-10-24-15/h7-8,11,15H,4-6,9-10,12-13H2,1-3H3,(H2,19,20,21). The third-order valence-corrected chi connectivity index (χ3v) is 5.29. The number of guanidine groups is 1. The van der Waals surface area contributed by atoms with Crippen molar-refractivity contribution in [2.24, 2.45) is 4.99 Å². The van der Waals surface area contributed by atoms with Gasteiger partial charge in [0.1, 0.15) is 0 Å². The number of benzene rings is 1. The number of thioether (sulfide) groups is 1. The van der Waals surface area contributed by atoms with Gasteiger partial charge in [-0.1, -0.05) is 13.0 Å². The van der Waals surface area contributed by atoms with Crippen LogP contribution in [-0.4, -0.2) is 44.3 Å². The molecule has 0 aliphatic carbocycles. The van der Waals surface area contributed by atoms with Crippen LogP contribution < -0.4 is 20.1 Å². The molecule has 1 fully saturated rings. The quantitative estimate of drug-likeness (QED) is 0.557. The van der Waals surface area contributed by atoms with Crippen molar-refractivity contribution in [2.75, 3.05) is 33.1 Å². The first-order chi connectivity index (χ1) is 11.8. The van der Waals surface area contributed by atoms with Crippen molar-refractivity contribution in [1.29, 1.82) is 0 Å². The fourth-order valence-electron chi connectivity index (χ4n) is 2.58. The summed E-state index contributed by atoms with van der Waals surface area (Å²) in [4.78, 5) is 4.29. The van der Waals surface area contributed by atoms with E-state index >= 15 is 0 Å². The van der Waals surface area contributed by atoms with Crippen molar-refractivity contribution < 1.29 is 9.47 Å². The number of rotatable bonds is 8. The lowest BCUT2D eigenvalue weighted by Crippen LogP contribution is -2.39. The van der Waals surface area contributed by atoms with E-state index in [0.29, 0.717) is 18.4 Å². The topological polar surface area (TPSA) is 54.9 Å². The molecule has 2 rings (SSSR count). The smallest absolute Gasteiger partial charge is 0.191 e. The van der Waals surface area contributed by atoms with Crippen molar-refractivity contribution in [3.05, 3.63) is 23.8 Å². The summed E-state index contributed by atoms with van der Waals surface area (Å²) >= 11 is 2.05. The van der Waals surface area contributed by atoms with Crippen LogP contribution in [-0.2, 0) is 6.54 Å². The molecule has 1 aromatic carbocycles. The van der Waals surface area contributed by atoms with Gasteiger partial charge in [-0.15, -0.1) is 0 Å². The largest absolute Gasteiger partial charge is 0.493 e. The van der Waals surface area contributed by atoms with E-state index in [9.17, 15) is 0 Å². The van der Waals surface area contributed by atoms with Crippen molar-refractivity contribution >= 4 is 17.7 Å². The van der Waals surface area contributed by atoms with E-state index in [0.717, 1.165) is 36.0 Å². The zero-order chi connectivity index (χ0) is 17.2. The second-order valence-electron chi connectivity index (χ2n) is 5.78. The third-order valence-electron chi connectivity index (χ3n) is 3.89. The Morgan fingerprint density at radius 2 is 2.21 bits per heavy atom. The monoisotopic (exact) mass is 351 g/mol. The highest BCUT2D eigenvalue weighted by Crippen LogP contribution is 2.28. The Bertz CT molecular complexity index is 531. The summed E-state index contributed by atoms with van der Waals surface area (Å²) in [6.07, 6.45) is 3.61. The predicted molar refractivity (Wildman–Crippen MR) is 102 cm³/mol. The summed E-state index contributed by atoms with van der Waals surface area (Å²) < 4.78 is 11.1. The van der Waals surface area contributed by atoms with Gasteiger partial charge in [-0.05, 0) is 42.7 Å². The van der Waals surface area contributed by atoms with E-state index in [2.05, 4.69) is 28.6 Å². The zero-order valence-corrected chi connectivity index (χ0v) is 15.7. The van der Waals surface area contributed by atoms with E-state index in [4.69, 9.17) is 9.47 Å². The van der Waals surface area contributed by atoms with Crippen LogP contribution in [0, 0.1) is 0 Å². The molecule has 0 amide bonds. The normalized spacial score (nSPS) is 17.6. The molecule has 1 heterocycles. The summed E-state index contributed by atoms with van der Waals surface area (Å²) in [5.41, 5.74) is 1.13. The van der Waals surface area contributed by atoms with Gasteiger partial charge in [-0.3, -0.25) is 4.99 Å². The van der Waals surface area contributed by atoms with E-state index < -0.39 is 0 Å². The Hall–Kier alpha value is -1.56. The maximum atomic E-state index is 5.69. The van der Waals surface area contributed by atoms with Crippen LogP contribution in [0.2, 0.25) is 0 Å². The van der Waals surface area contributed by atoms with Crippen LogP contribution in [0.1, 0.15) is 31.7 Å². The highest BCUT2D eigenvalue weighted by atomic mass is 32.2. The fourth-order valence-corrected chi connectivity index (χ4v) is 3.78. The molecule has 1 saturated heterocycles. The average Bonchev–Trinajstić information content (AvgIpc) is 3.14. The molecule has 24 heavy (non-hydrogen) atoms. The Morgan fingerprint density at radius 1 is 1.33 bits per heavy atom. The summed E-state index contributed by atoms with van der Waals surface area (Å²) in [5.74, 6) is 3.69. The minimum Gasteiger partial charge on any atom is -0.493 e. The minimum atomic E-state index is 0.696.